The molecule has 156 valence electrons. The Morgan fingerprint density at radius 1 is 1.07 bits per heavy atom. The zero-order valence-electron chi connectivity index (χ0n) is 16.2. The molecule has 1 heterocycles. The summed E-state index contributed by atoms with van der Waals surface area (Å²) in [6.45, 7) is 6.78. The van der Waals surface area contributed by atoms with E-state index in [2.05, 4.69) is 15.1 Å². The Morgan fingerprint density at radius 3 is 2.45 bits per heavy atom. The number of piperazine rings is 1. The second-order valence-corrected chi connectivity index (χ2v) is 8.17. The lowest BCUT2D eigenvalue weighted by Crippen LogP contribution is -2.53. The number of nitrogens with one attached hydrogen (secondary N) is 1. The summed E-state index contributed by atoms with van der Waals surface area (Å²) in [7, 11) is 0. The molecule has 0 aliphatic carbocycles. The normalized spacial score (nSPS) is 16.4. The number of rotatable bonds is 7. The number of hydrogen-bond acceptors (Lipinski definition) is 4. The van der Waals surface area contributed by atoms with Crippen LogP contribution in [0.3, 0.4) is 0 Å². The van der Waals surface area contributed by atoms with E-state index in [9.17, 15) is 4.79 Å². The third-order valence-electron chi connectivity index (χ3n) is 5.03. The summed E-state index contributed by atoms with van der Waals surface area (Å²) in [5.41, 5.74) is 0.536. The summed E-state index contributed by atoms with van der Waals surface area (Å²) in [5.74, 6) is 0.728. The minimum Gasteiger partial charge on any atom is -0.492 e. The molecule has 1 aliphatic rings. The van der Waals surface area contributed by atoms with E-state index < -0.39 is 0 Å². The maximum Gasteiger partial charge on any atom is 0.241 e. The van der Waals surface area contributed by atoms with Crippen molar-refractivity contribution < 1.29 is 9.53 Å². The van der Waals surface area contributed by atoms with Gasteiger partial charge in [0.25, 0.3) is 0 Å². The Hall–Kier alpha value is -1.50. The van der Waals surface area contributed by atoms with Crippen LogP contribution in [0.4, 0.5) is 5.69 Å². The molecule has 1 saturated heterocycles. The van der Waals surface area contributed by atoms with Gasteiger partial charge in [0.05, 0.1) is 21.8 Å². The third-order valence-corrected chi connectivity index (χ3v) is 6.10. The second-order valence-electron chi connectivity index (χ2n) is 6.95. The molecule has 3 rings (SSSR count). The lowest BCUT2D eigenvalue weighted by Gasteiger charge is -2.37. The van der Waals surface area contributed by atoms with Crippen molar-refractivity contribution in [3.63, 3.8) is 0 Å². The van der Waals surface area contributed by atoms with Crippen molar-refractivity contribution in [2.75, 3.05) is 44.6 Å². The molecule has 2 aromatic carbocycles. The molecular formula is C21H24Cl3N3O2. The standard InChI is InChI=1S/C21H24Cl3N3O2/c1-15(21(28)25-19-4-2-3-18(23)20(19)24)27-11-9-26(10-12-27)13-14-29-17-7-5-16(22)6-8-17/h2-8,15H,9-14H2,1H3,(H,25,28). The second kappa shape index (κ2) is 10.5. The highest BCUT2D eigenvalue weighted by atomic mass is 35.5. The SMILES string of the molecule is CC(C(=O)Nc1cccc(Cl)c1Cl)N1CCN(CCOc2ccc(Cl)cc2)CC1. The molecule has 1 amide bonds. The van der Waals surface area contributed by atoms with Gasteiger partial charge in [-0.05, 0) is 43.3 Å². The Balaban J connectivity index is 1.41. The van der Waals surface area contributed by atoms with Crippen LogP contribution in [-0.2, 0) is 4.79 Å². The summed E-state index contributed by atoms with van der Waals surface area (Å²) in [4.78, 5) is 17.1. The lowest BCUT2D eigenvalue weighted by atomic mass is 10.2. The number of anilines is 1. The third kappa shape index (κ3) is 6.24. The van der Waals surface area contributed by atoms with Crippen LogP contribution in [0.15, 0.2) is 42.5 Å². The molecule has 1 unspecified atom stereocenters. The monoisotopic (exact) mass is 455 g/mol. The first-order valence-corrected chi connectivity index (χ1v) is 10.7. The molecule has 1 atom stereocenters. The Bertz CT molecular complexity index is 824. The van der Waals surface area contributed by atoms with Crippen molar-refractivity contribution in [3.8, 4) is 5.75 Å². The van der Waals surface area contributed by atoms with Crippen LogP contribution in [0.2, 0.25) is 15.1 Å². The van der Waals surface area contributed by atoms with Crippen molar-refractivity contribution in [2.24, 2.45) is 0 Å². The molecule has 2 aromatic rings. The van der Waals surface area contributed by atoms with Gasteiger partial charge >= 0.3 is 0 Å². The minimum atomic E-state index is -0.252. The van der Waals surface area contributed by atoms with Crippen LogP contribution in [-0.4, -0.2) is 61.1 Å². The largest absolute Gasteiger partial charge is 0.492 e. The fourth-order valence-electron chi connectivity index (χ4n) is 3.20. The van der Waals surface area contributed by atoms with Crippen molar-refractivity contribution >= 4 is 46.4 Å². The molecular weight excluding hydrogens is 433 g/mol. The average molecular weight is 457 g/mol. The average Bonchev–Trinajstić information content (AvgIpc) is 2.73. The van der Waals surface area contributed by atoms with E-state index in [0.717, 1.165) is 38.5 Å². The predicted molar refractivity (Wildman–Crippen MR) is 120 cm³/mol. The van der Waals surface area contributed by atoms with Gasteiger partial charge in [-0.2, -0.15) is 0 Å². The van der Waals surface area contributed by atoms with Crippen LogP contribution in [0.1, 0.15) is 6.92 Å². The molecule has 8 heteroatoms. The summed E-state index contributed by atoms with van der Waals surface area (Å²) in [6.07, 6.45) is 0. The molecule has 29 heavy (non-hydrogen) atoms. The van der Waals surface area contributed by atoms with Gasteiger partial charge in [-0.3, -0.25) is 14.6 Å². The number of carbonyl (C=O) groups is 1. The van der Waals surface area contributed by atoms with Crippen molar-refractivity contribution in [3.05, 3.63) is 57.5 Å². The first kappa shape index (κ1) is 22.2. The summed E-state index contributed by atoms with van der Waals surface area (Å²) in [5, 5.41) is 4.36. The van der Waals surface area contributed by atoms with Crippen LogP contribution in [0, 0.1) is 0 Å². The number of nitrogens with zero attached hydrogens (tertiary/aromatic N) is 2. The highest BCUT2D eigenvalue weighted by molar-refractivity contribution is 6.44. The highest BCUT2D eigenvalue weighted by Gasteiger charge is 2.26. The first-order valence-electron chi connectivity index (χ1n) is 9.53. The summed E-state index contributed by atoms with van der Waals surface area (Å²) >= 11 is 18.1. The van der Waals surface area contributed by atoms with Crippen molar-refractivity contribution in [1.29, 1.82) is 0 Å². The predicted octanol–water partition coefficient (Wildman–Crippen LogP) is 4.67. The number of ether oxygens (including phenoxy) is 1. The number of halogens is 3. The van der Waals surface area contributed by atoms with Gasteiger partial charge in [0.15, 0.2) is 0 Å². The number of benzene rings is 2. The molecule has 0 radical (unpaired) electrons. The van der Waals surface area contributed by atoms with Gasteiger partial charge in [0, 0.05) is 37.7 Å². The van der Waals surface area contributed by atoms with Crippen LogP contribution in [0.5, 0.6) is 5.75 Å². The smallest absolute Gasteiger partial charge is 0.241 e. The van der Waals surface area contributed by atoms with Gasteiger partial charge in [-0.25, -0.2) is 0 Å². The molecule has 0 bridgehead atoms. The zero-order chi connectivity index (χ0) is 20.8. The first-order chi connectivity index (χ1) is 13.9. The molecule has 1 N–H and O–H groups in total. The van der Waals surface area contributed by atoms with E-state index >= 15 is 0 Å². The molecule has 5 nitrogen and oxygen atoms in total. The van der Waals surface area contributed by atoms with Crippen LogP contribution >= 0.6 is 34.8 Å². The van der Waals surface area contributed by atoms with Gasteiger partial charge in [0.2, 0.25) is 5.91 Å². The zero-order valence-corrected chi connectivity index (χ0v) is 18.5. The molecule has 1 aliphatic heterocycles. The Kier molecular flexibility index (Phi) is 8.04. The van der Waals surface area contributed by atoms with E-state index in [4.69, 9.17) is 39.5 Å². The Morgan fingerprint density at radius 2 is 1.76 bits per heavy atom. The maximum atomic E-state index is 12.6. The van der Waals surface area contributed by atoms with Gasteiger partial charge < -0.3 is 10.1 Å². The fourth-order valence-corrected chi connectivity index (χ4v) is 3.67. The van der Waals surface area contributed by atoms with E-state index in [1.165, 1.54) is 0 Å². The van der Waals surface area contributed by atoms with Gasteiger partial charge in [0.1, 0.15) is 12.4 Å². The quantitative estimate of drug-likeness (QED) is 0.657. The van der Waals surface area contributed by atoms with E-state index in [1.54, 1.807) is 18.2 Å². The highest BCUT2D eigenvalue weighted by Crippen LogP contribution is 2.29. The summed E-state index contributed by atoms with van der Waals surface area (Å²) < 4.78 is 5.76. The van der Waals surface area contributed by atoms with Crippen molar-refractivity contribution in [1.82, 2.24) is 9.80 Å². The number of hydrogen-bond donors (Lipinski definition) is 1. The lowest BCUT2D eigenvalue weighted by molar-refractivity contribution is -0.121. The molecule has 1 fully saturated rings. The molecule has 0 spiro atoms. The minimum absolute atomic E-state index is 0.0892. The fraction of sp³-hybridized carbons (Fsp3) is 0.381. The molecule has 0 saturated carbocycles. The topological polar surface area (TPSA) is 44.8 Å². The number of carbonyl (C=O) groups excluding carboxylic acids is 1. The number of amides is 1. The van der Waals surface area contributed by atoms with E-state index in [-0.39, 0.29) is 11.9 Å². The molecule has 0 aromatic heterocycles. The van der Waals surface area contributed by atoms with E-state index in [0.29, 0.717) is 27.4 Å². The van der Waals surface area contributed by atoms with Crippen LogP contribution < -0.4 is 10.1 Å². The van der Waals surface area contributed by atoms with Crippen LogP contribution in [0.25, 0.3) is 0 Å². The maximum absolute atomic E-state index is 12.6. The van der Waals surface area contributed by atoms with Gasteiger partial charge in [-0.15, -0.1) is 0 Å². The Labute approximate surface area is 186 Å². The van der Waals surface area contributed by atoms with Gasteiger partial charge in [-0.1, -0.05) is 40.9 Å². The van der Waals surface area contributed by atoms with E-state index in [1.807, 2.05) is 31.2 Å². The van der Waals surface area contributed by atoms with Crippen molar-refractivity contribution in [2.45, 2.75) is 13.0 Å². The summed E-state index contributed by atoms with van der Waals surface area (Å²) in [6, 6.07) is 12.3.